The number of hydrogen-bond donors (Lipinski definition) is 1. The zero-order chi connectivity index (χ0) is 22.8. The molecule has 1 aliphatic heterocycles. The summed E-state index contributed by atoms with van der Waals surface area (Å²) in [6.45, 7) is 12.3. The first-order valence-corrected chi connectivity index (χ1v) is 10.9. The Morgan fingerprint density at radius 1 is 0.968 bits per heavy atom. The summed E-state index contributed by atoms with van der Waals surface area (Å²) < 4.78 is 0. The van der Waals surface area contributed by atoms with Crippen molar-refractivity contribution in [2.45, 2.75) is 34.2 Å². The third kappa shape index (κ3) is 5.92. The molecule has 0 unspecified atom stereocenters. The second kappa shape index (κ2) is 11.9. The van der Waals surface area contributed by atoms with Gasteiger partial charge in [0.25, 0.3) is 5.69 Å². The number of benzene rings is 2. The van der Waals surface area contributed by atoms with Crippen molar-refractivity contribution < 1.29 is 10.0 Å². The van der Waals surface area contributed by atoms with E-state index in [1.807, 2.05) is 58.0 Å². The molecule has 7 nitrogen and oxygen atoms in total. The molecule has 1 saturated heterocycles. The molecule has 0 atom stereocenters. The van der Waals surface area contributed by atoms with Crippen LogP contribution in [-0.4, -0.2) is 46.1 Å². The van der Waals surface area contributed by atoms with Crippen LogP contribution in [0.25, 0.3) is 10.9 Å². The highest BCUT2D eigenvalue weighted by atomic mass is 16.6. The van der Waals surface area contributed by atoms with Gasteiger partial charge in [-0.15, -0.1) is 0 Å². The summed E-state index contributed by atoms with van der Waals surface area (Å²) in [5, 5.41) is 21.8. The summed E-state index contributed by atoms with van der Waals surface area (Å²) >= 11 is 0. The highest BCUT2D eigenvalue weighted by Gasteiger charge is 2.19. The van der Waals surface area contributed by atoms with E-state index in [9.17, 15) is 15.2 Å². The predicted octanol–water partition coefficient (Wildman–Crippen LogP) is 5.22. The van der Waals surface area contributed by atoms with Crippen LogP contribution in [0.15, 0.2) is 54.7 Å². The number of phenols is 1. The van der Waals surface area contributed by atoms with Crippen molar-refractivity contribution >= 4 is 22.3 Å². The van der Waals surface area contributed by atoms with Crippen LogP contribution < -0.4 is 4.90 Å². The van der Waals surface area contributed by atoms with Gasteiger partial charge in [0, 0.05) is 62.1 Å². The summed E-state index contributed by atoms with van der Waals surface area (Å²) in [7, 11) is 0. The van der Waals surface area contributed by atoms with Gasteiger partial charge >= 0.3 is 0 Å². The Morgan fingerprint density at radius 2 is 1.61 bits per heavy atom. The average Bonchev–Trinajstić information content (AvgIpc) is 2.84. The first kappa shape index (κ1) is 24.1. The van der Waals surface area contributed by atoms with Crippen molar-refractivity contribution in [3.05, 3.63) is 70.4 Å². The van der Waals surface area contributed by atoms with Crippen molar-refractivity contribution in [1.82, 2.24) is 9.88 Å². The van der Waals surface area contributed by atoms with Crippen LogP contribution >= 0.6 is 0 Å². The van der Waals surface area contributed by atoms with E-state index in [1.165, 1.54) is 0 Å². The predicted molar refractivity (Wildman–Crippen MR) is 127 cm³/mol. The van der Waals surface area contributed by atoms with Crippen molar-refractivity contribution in [3.63, 3.8) is 0 Å². The van der Waals surface area contributed by atoms with Crippen LogP contribution in [0.5, 0.6) is 5.75 Å². The molecule has 2 heterocycles. The number of nitro groups is 1. The number of pyridine rings is 1. The van der Waals surface area contributed by atoms with E-state index < -0.39 is 0 Å². The van der Waals surface area contributed by atoms with Crippen molar-refractivity contribution in [2.75, 3.05) is 31.1 Å². The monoisotopic (exact) mass is 424 g/mol. The van der Waals surface area contributed by atoms with Crippen LogP contribution in [0.3, 0.4) is 0 Å². The summed E-state index contributed by atoms with van der Waals surface area (Å²) in [6.07, 6.45) is 1.69. The van der Waals surface area contributed by atoms with Gasteiger partial charge in [0.05, 0.1) is 4.92 Å². The van der Waals surface area contributed by atoms with Crippen molar-refractivity contribution in [1.29, 1.82) is 0 Å². The summed E-state index contributed by atoms with van der Waals surface area (Å²) in [5.41, 5.74) is 2.92. The molecule has 0 amide bonds. The molecule has 4 rings (SSSR count). The Labute approximate surface area is 184 Å². The highest BCUT2D eigenvalue weighted by molar-refractivity contribution is 5.87. The maximum atomic E-state index is 10.8. The van der Waals surface area contributed by atoms with Crippen LogP contribution in [-0.2, 0) is 6.54 Å². The number of nitrogens with zero attached hydrogens (tertiary/aromatic N) is 4. The standard InChI is InChI=1S/C20H20N4O3.2C2H6/c25-19-8-3-15(18-2-1-9-21-20(18)19)14-22-10-12-23(13-11-22)16-4-6-17(7-5-16)24(26)27;2*1-2/h1-9,25H,10-14H2;2*1-2H3. The van der Waals surface area contributed by atoms with Gasteiger partial charge in [-0.05, 0) is 29.8 Å². The fraction of sp³-hybridized carbons (Fsp3) is 0.375. The van der Waals surface area contributed by atoms with E-state index in [0.717, 1.165) is 49.4 Å². The topological polar surface area (TPSA) is 82.7 Å². The maximum Gasteiger partial charge on any atom is 0.269 e. The van der Waals surface area contributed by atoms with Gasteiger partial charge in [-0.1, -0.05) is 39.8 Å². The minimum atomic E-state index is -0.376. The van der Waals surface area contributed by atoms with E-state index in [2.05, 4.69) is 14.8 Å². The number of phenolic OH excluding ortho intramolecular Hbond substituents is 1. The molecular weight excluding hydrogens is 392 g/mol. The number of hydrogen-bond acceptors (Lipinski definition) is 6. The minimum absolute atomic E-state index is 0.116. The van der Waals surface area contributed by atoms with E-state index >= 15 is 0 Å². The third-order valence-electron chi connectivity index (χ3n) is 5.03. The van der Waals surface area contributed by atoms with E-state index in [-0.39, 0.29) is 16.4 Å². The lowest BCUT2D eigenvalue weighted by Gasteiger charge is -2.36. The molecule has 0 aliphatic carbocycles. The number of non-ortho nitro benzene ring substituents is 1. The van der Waals surface area contributed by atoms with Crippen LogP contribution in [0.4, 0.5) is 11.4 Å². The second-order valence-electron chi connectivity index (χ2n) is 6.68. The molecule has 31 heavy (non-hydrogen) atoms. The molecule has 166 valence electrons. The Morgan fingerprint density at radius 3 is 2.23 bits per heavy atom. The third-order valence-corrected chi connectivity index (χ3v) is 5.03. The molecule has 0 spiro atoms. The number of aromatic hydroxyl groups is 1. The molecule has 3 aromatic rings. The molecule has 0 saturated carbocycles. The fourth-order valence-electron chi connectivity index (χ4n) is 3.54. The molecule has 0 bridgehead atoms. The van der Waals surface area contributed by atoms with Gasteiger partial charge in [-0.25, -0.2) is 0 Å². The molecule has 7 heteroatoms. The Hall–Kier alpha value is -3.19. The number of aromatic nitrogens is 1. The normalized spacial score (nSPS) is 13.6. The molecule has 2 aromatic carbocycles. The van der Waals surface area contributed by atoms with Crippen molar-refractivity contribution in [3.8, 4) is 5.75 Å². The van der Waals surface area contributed by atoms with Gasteiger partial charge in [-0.2, -0.15) is 0 Å². The number of rotatable bonds is 4. The number of piperazine rings is 1. The minimum Gasteiger partial charge on any atom is -0.506 e. The summed E-state index contributed by atoms with van der Waals surface area (Å²) in [4.78, 5) is 19.3. The number of fused-ring (bicyclic) bond motifs is 1. The van der Waals surface area contributed by atoms with Crippen molar-refractivity contribution in [2.24, 2.45) is 0 Å². The van der Waals surface area contributed by atoms with Gasteiger partial charge in [0.2, 0.25) is 0 Å². The maximum absolute atomic E-state index is 10.8. The number of anilines is 1. The first-order chi connectivity index (χ1) is 15.1. The summed E-state index contributed by atoms with van der Waals surface area (Å²) in [5.74, 6) is 0.206. The zero-order valence-corrected chi connectivity index (χ0v) is 18.8. The smallest absolute Gasteiger partial charge is 0.269 e. The van der Waals surface area contributed by atoms with Crippen LogP contribution in [0.2, 0.25) is 0 Å². The van der Waals surface area contributed by atoms with E-state index in [1.54, 1.807) is 24.4 Å². The Balaban J connectivity index is 0.000000807. The second-order valence-corrected chi connectivity index (χ2v) is 6.68. The molecule has 1 aliphatic rings. The number of nitro benzene ring substituents is 1. The quantitative estimate of drug-likeness (QED) is 0.456. The molecule has 1 N–H and O–H groups in total. The van der Waals surface area contributed by atoms with Gasteiger partial charge in [0.15, 0.2) is 0 Å². The molecule has 1 fully saturated rings. The average molecular weight is 425 g/mol. The highest BCUT2D eigenvalue weighted by Crippen LogP contribution is 2.27. The van der Waals surface area contributed by atoms with Gasteiger partial charge in [0.1, 0.15) is 11.3 Å². The zero-order valence-electron chi connectivity index (χ0n) is 18.8. The Bertz CT molecular complexity index is 968. The molecule has 0 radical (unpaired) electrons. The molecule has 1 aromatic heterocycles. The van der Waals surface area contributed by atoms with E-state index in [0.29, 0.717) is 5.52 Å². The van der Waals surface area contributed by atoms with Crippen LogP contribution in [0, 0.1) is 10.1 Å². The molecular formula is C24H32N4O3. The van der Waals surface area contributed by atoms with E-state index in [4.69, 9.17) is 0 Å². The lowest BCUT2D eigenvalue weighted by molar-refractivity contribution is -0.384. The Kier molecular flexibility index (Phi) is 9.21. The fourth-order valence-corrected chi connectivity index (χ4v) is 3.54. The van der Waals surface area contributed by atoms with Gasteiger partial charge in [-0.3, -0.25) is 20.0 Å². The largest absolute Gasteiger partial charge is 0.506 e. The SMILES string of the molecule is CC.CC.O=[N+]([O-])c1ccc(N2CCN(Cc3ccc(O)c4ncccc34)CC2)cc1. The summed E-state index contributed by atoms with van der Waals surface area (Å²) in [6, 6.07) is 14.3. The lowest BCUT2D eigenvalue weighted by atomic mass is 10.1. The first-order valence-electron chi connectivity index (χ1n) is 10.9. The van der Waals surface area contributed by atoms with Gasteiger partial charge < -0.3 is 10.0 Å². The lowest BCUT2D eigenvalue weighted by Crippen LogP contribution is -2.45. The van der Waals surface area contributed by atoms with Crippen LogP contribution in [0.1, 0.15) is 33.3 Å².